The molecule has 5 nitrogen and oxygen atoms in total. The van der Waals surface area contributed by atoms with Crippen molar-refractivity contribution in [3.63, 3.8) is 0 Å². The van der Waals surface area contributed by atoms with E-state index in [0.29, 0.717) is 24.3 Å². The first kappa shape index (κ1) is 18.9. The average molecular weight is 368 g/mol. The Kier molecular flexibility index (Phi) is 5.89. The number of ether oxygens (including phenoxy) is 1. The Bertz CT molecular complexity index is 1060. The Morgan fingerprint density at radius 2 is 1.75 bits per heavy atom. The monoisotopic (exact) mass is 368 g/mol. The lowest BCUT2D eigenvalue weighted by Crippen LogP contribution is -2.06. The highest BCUT2D eigenvalue weighted by molar-refractivity contribution is 5.49. The lowest BCUT2D eigenvalue weighted by Gasteiger charge is -2.16. The fourth-order valence-electron chi connectivity index (χ4n) is 2.88. The lowest BCUT2D eigenvalue weighted by atomic mass is 10.1. The van der Waals surface area contributed by atoms with Crippen LogP contribution in [-0.2, 0) is 13.2 Å². The molecule has 0 amide bonds. The Hall–Kier alpha value is -3.83. The van der Waals surface area contributed by atoms with Gasteiger partial charge in [-0.2, -0.15) is 10.5 Å². The summed E-state index contributed by atoms with van der Waals surface area (Å²) < 4.78 is 6.04. The molecule has 0 aliphatic rings. The first-order valence-corrected chi connectivity index (χ1v) is 8.91. The quantitative estimate of drug-likeness (QED) is 0.686. The molecule has 0 unspecified atom stereocenters. The van der Waals surface area contributed by atoms with Crippen LogP contribution in [0.3, 0.4) is 0 Å². The van der Waals surface area contributed by atoms with E-state index in [4.69, 9.17) is 15.3 Å². The van der Waals surface area contributed by atoms with Gasteiger partial charge >= 0.3 is 0 Å². The zero-order valence-corrected chi connectivity index (χ0v) is 15.9. The number of anilines is 1. The predicted molar refractivity (Wildman–Crippen MR) is 108 cm³/mol. The number of hydrogen-bond donors (Lipinski definition) is 1. The van der Waals surface area contributed by atoms with Crippen LogP contribution in [0.15, 0.2) is 54.7 Å². The maximum Gasteiger partial charge on any atom is 0.144 e. The zero-order chi connectivity index (χ0) is 19.9. The first-order valence-electron chi connectivity index (χ1n) is 8.91. The van der Waals surface area contributed by atoms with E-state index in [-0.39, 0.29) is 0 Å². The molecule has 1 heterocycles. The molecule has 28 heavy (non-hydrogen) atoms. The van der Waals surface area contributed by atoms with Crippen molar-refractivity contribution in [2.24, 2.45) is 0 Å². The molecule has 0 spiro atoms. The van der Waals surface area contributed by atoms with Crippen LogP contribution in [0.5, 0.6) is 5.75 Å². The number of aromatic nitrogens is 1. The second kappa shape index (κ2) is 8.70. The molecule has 1 N–H and O–H groups in total. The number of nitrogens with one attached hydrogen (secondary N) is 1. The van der Waals surface area contributed by atoms with Gasteiger partial charge in [-0.3, -0.25) is 4.98 Å². The summed E-state index contributed by atoms with van der Waals surface area (Å²) in [6, 6.07) is 19.0. The molecule has 3 rings (SSSR count). The fraction of sp³-hybridized carbons (Fsp3) is 0.174. The summed E-state index contributed by atoms with van der Waals surface area (Å²) in [6.07, 6.45) is 1.85. The van der Waals surface area contributed by atoms with Crippen LogP contribution < -0.4 is 10.1 Å². The molecule has 138 valence electrons. The summed E-state index contributed by atoms with van der Waals surface area (Å²) in [5.41, 5.74) is 6.04. The van der Waals surface area contributed by atoms with Gasteiger partial charge in [0.15, 0.2) is 0 Å². The number of rotatable bonds is 6. The van der Waals surface area contributed by atoms with Crippen molar-refractivity contribution in [2.75, 3.05) is 5.32 Å². The molecule has 0 aliphatic heterocycles. The molecule has 1 aromatic heterocycles. The predicted octanol–water partition coefficient (Wildman–Crippen LogP) is 4.63. The highest BCUT2D eigenvalue weighted by atomic mass is 16.5. The van der Waals surface area contributed by atoms with E-state index in [9.17, 15) is 0 Å². The van der Waals surface area contributed by atoms with Crippen molar-refractivity contribution in [1.82, 2.24) is 4.98 Å². The molecule has 5 heteroatoms. The van der Waals surface area contributed by atoms with Gasteiger partial charge in [-0.25, -0.2) is 0 Å². The maximum atomic E-state index is 9.03. The molecule has 0 fully saturated rings. The van der Waals surface area contributed by atoms with Gasteiger partial charge in [0.1, 0.15) is 12.4 Å². The summed E-state index contributed by atoms with van der Waals surface area (Å²) in [5, 5.41) is 21.3. The SMILES string of the molecule is Cc1ncc(CNc2ccc(C#N)cc2)c(C)c1OCc1cccc(C#N)c1. The molecule has 3 aromatic rings. The van der Waals surface area contributed by atoms with E-state index >= 15 is 0 Å². The van der Waals surface area contributed by atoms with Crippen LogP contribution in [0.2, 0.25) is 0 Å². The van der Waals surface area contributed by atoms with Crippen molar-refractivity contribution in [3.8, 4) is 17.9 Å². The Balaban J connectivity index is 1.72. The molecule has 0 bridgehead atoms. The fourth-order valence-corrected chi connectivity index (χ4v) is 2.88. The number of pyridine rings is 1. The minimum atomic E-state index is 0.380. The van der Waals surface area contributed by atoms with Crippen LogP contribution >= 0.6 is 0 Å². The van der Waals surface area contributed by atoms with Gasteiger partial charge in [-0.15, -0.1) is 0 Å². The summed E-state index contributed by atoms with van der Waals surface area (Å²) in [5.74, 6) is 0.765. The molecule has 0 atom stereocenters. The number of hydrogen-bond acceptors (Lipinski definition) is 5. The molecule has 0 saturated heterocycles. The van der Waals surface area contributed by atoms with Crippen LogP contribution in [0.1, 0.15) is 33.5 Å². The van der Waals surface area contributed by atoms with Gasteiger partial charge in [0.05, 0.1) is 29.0 Å². The summed E-state index contributed by atoms with van der Waals surface area (Å²) in [6.45, 7) is 4.92. The molecule has 2 aromatic carbocycles. The molecule has 0 radical (unpaired) electrons. The number of benzene rings is 2. The largest absolute Gasteiger partial charge is 0.487 e. The number of nitriles is 2. The Morgan fingerprint density at radius 3 is 2.46 bits per heavy atom. The van der Waals surface area contributed by atoms with Crippen molar-refractivity contribution in [1.29, 1.82) is 10.5 Å². The van der Waals surface area contributed by atoms with Crippen LogP contribution in [-0.4, -0.2) is 4.98 Å². The highest BCUT2D eigenvalue weighted by Crippen LogP contribution is 2.26. The van der Waals surface area contributed by atoms with E-state index in [1.807, 2.05) is 50.4 Å². The maximum absolute atomic E-state index is 9.03. The van der Waals surface area contributed by atoms with Gasteiger partial charge < -0.3 is 10.1 Å². The summed E-state index contributed by atoms with van der Waals surface area (Å²) in [4.78, 5) is 4.47. The van der Waals surface area contributed by atoms with E-state index < -0.39 is 0 Å². The van der Waals surface area contributed by atoms with Gasteiger partial charge in [-0.1, -0.05) is 12.1 Å². The third-order valence-corrected chi connectivity index (χ3v) is 4.50. The van der Waals surface area contributed by atoms with Crippen molar-refractivity contribution < 1.29 is 4.74 Å². The van der Waals surface area contributed by atoms with Crippen molar-refractivity contribution in [3.05, 3.63) is 88.2 Å². The van der Waals surface area contributed by atoms with Crippen LogP contribution in [0.4, 0.5) is 5.69 Å². The van der Waals surface area contributed by atoms with Crippen LogP contribution in [0, 0.1) is 36.5 Å². The molecule has 0 saturated carbocycles. The van der Waals surface area contributed by atoms with Crippen LogP contribution in [0.25, 0.3) is 0 Å². The number of nitrogens with zero attached hydrogens (tertiary/aromatic N) is 3. The standard InChI is InChI=1S/C23H20N4O/c1-16-21(14-27-22-8-6-18(11-24)7-9-22)13-26-17(2)23(16)28-15-20-5-3-4-19(10-20)12-25/h3-10,13,27H,14-15H2,1-2H3. The normalized spacial score (nSPS) is 10.0. The molecule has 0 aliphatic carbocycles. The van der Waals surface area contributed by atoms with Crippen molar-refractivity contribution in [2.45, 2.75) is 27.0 Å². The van der Waals surface area contributed by atoms with E-state index in [2.05, 4.69) is 22.4 Å². The van der Waals surface area contributed by atoms with Gasteiger partial charge in [-0.05, 0) is 66.9 Å². The third-order valence-electron chi connectivity index (χ3n) is 4.50. The Labute approximate surface area is 164 Å². The van der Waals surface area contributed by atoms with Gasteiger partial charge in [0.2, 0.25) is 0 Å². The second-order valence-electron chi connectivity index (χ2n) is 6.47. The first-order chi connectivity index (χ1) is 13.6. The summed E-state index contributed by atoms with van der Waals surface area (Å²) >= 11 is 0. The number of aryl methyl sites for hydroxylation is 1. The third kappa shape index (κ3) is 4.47. The molecular weight excluding hydrogens is 348 g/mol. The van der Waals surface area contributed by atoms with E-state index in [1.165, 1.54) is 0 Å². The Morgan fingerprint density at radius 1 is 1.00 bits per heavy atom. The minimum Gasteiger partial charge on any atom is -0.487 e. The minimum absolute atomic E-state index is 0.380. The average Bonchev–Trinajstić information content (AvgIpc) is 2.73. The van der Waals surface area contributed by atoms with Crippen molar-refractivity contribution >= 4 is 5.69 Å². The van der Waals surface area contributed by atoms with Gasteiger partial charge in [0, 0.05) is 18.4 Å². The van der Waals surface area contributed by atoms with E-state index in [0.717, 1.165) is 33.8 Å². The topological polar surface area (TPSA) is 81.7 Å². The lowest BCUT2D eigenvalue weighted by molar-refractivity contribution is 0.300. The summed E-state index contributed by atoms with van der Waals surface area (Å²) in [7, 11) is 0. The molecular formula is C23H20N4O. The van der Waals surface area contributed by atoms with E-state index in [1.54, 1.807) is 18.2 Å². The van der Waals surface area contributed by atoms with Gasteiger partial charge in [0.25, 0.3) is 0 Å². The zero-order valence-electron chi connectivity index (χ0n) is 15.9. The smallest absolute Gasteiger partial charge is 0.144 e. The highest BCUT2D eigenvalue weighted by Gasteiger charge is 2.11. The second-order valence-corrected chi connectivity index (χ2v) is 6.47.